The topological polar surface area (TPSA) is 141 Å². The molecule has 0 spiro atoms. The number of aromatic nitrogens is 1. The third kappa shape index (κ3) is 12.7. The van der Waals surface area contributed by atoms with Crippen LogP contribution in [0.5, 0.6) is 5.75 Å². The molecule has 1 saturated heterocycles. The molecule has 0 unspecified atom stereocenters. The van der Waals surface area contributed by atoms with Crippen molar-refractivity contribution < 1.29 is 50.6 Å². The quantitative estimate of drug-likeness (QED) is 0.107. The number of carbonyl (C=O) groups is 3. The van der Waals surface area contributed by atoms with Crippen LogP contribution < -0.4 is 15.5 Å². The molecule has 0 radical (unpaired) electrons. The number of hydrogen-bond acceptors (Lipinski definition) is 9. The molecule has 0 bridgehead atoms. The number of aromatic amines is 1. The van der Waals surface area contributed by atoms with Crippen molar-refractivity contribution in [3.05, 3.63) is 62.2 Å². The van der Waals surface area contributed by atoms with Crippen molar-refractivity contribution in [2.75, 3.05) is 45.9 Å². The molecule has 0 saturated carbocycles. The molecule has 2 heterocycles. The minimum absolute atomic E-state index is 0.0922. The lowest BCUT2D eigenvalue weighted by Crippen LogP contribution is -2.47. The predicted molar refractivity (Wildman–Crippen MR) is 171 cm³/mol. The minimum atomic E-state index is -5.77. The van der Waals surface area contributed by atoms with E-state index in [0.717, 1.165) is 58.9 Å². The van der Waals surface area contributed by atoms with E-state index in [1.165, 1.54) is 5.56 Å². The predicted octanol–water partition coefficient (Wildman–Crippen LogP) is 4.56. The summed E-state index contributed by atoms with van der Waals surface area (Å²) in [4.78, 5) is 48.6. The molecule has 18 heteroatoms. The van der Waals surface area contributed by atoms with Crippen LogP contribution in [-0.4, -0.2) is 96.8 Å². The van der Waals surface area contributed by atoms with Crippen LogP contribution in [0.4, 0.5) is 26.3 Å². The molecule has 1 aliphatic rings. The fourth-order valence-corrected chi connectivity index (χ4v) is 6.08. The van der Waals surface area contributed by atoms with E-state index in [0.29, 0.717) is 51.3 Å². The number of halogens is 7. The highest BCUT2D eigenvalue weighted by atomic mass is 35.5. The molecule has 2 aromatic carbocycles. The van der Waals surface area contributed by atoms with Gasteiger partial charge in [0.25, 0.3) is 0 Å². The number of Topliss-reactive ketones (excluding diaryl/α,β-unsaturated/α-hetero) is 2. The van der Waals surface area contributed by atoms with Crippen LogP contribution in [0, 0.1) is 0 Å². The molecular weight excluding hydrogens is 706 g/mol. The number of fused-ring (bicyclic) bond motifs is 1. The number of nitrogens with zero attached hydrogens (tertiary/aromatic N) is 1. The van der Waals surface area contributed by atoms with Gasteiger partial charge in [-0.1, -0.05) is 41.1 Å². The van der Waals surface area contributed by atoms with E-state index < -0.39 is 23.9 Å². The molecule has 4 rings (SSSR count). The second-order valence-electron chi connectivity index (χ2n) is 10.9. The van der Waals surface area contributed by atoms with E-state index >= 15 is 0 Å². The van der Waals surface area contributed by atoms with E-state index in [9.17, 15) is 50.6 Å². The zero-order valence-electron chi connectivity index (χ0n) is 26.0. The number of alkyl halides is 6. The molecular formula is C31H35ClF6N4O6S. The average Bonchev–Trinajstić information content (AvgIpc) is 3.45. The number of benzene rings is 2. The summed E-state index contributed by atoms with van der Waals surface area (Å²) in [5.41, 5.74) is 2.70. The third-order valence-electron chi connectivity index (χ3n) is 7.41. The third-order valence-corrected chi connectivity index (χ3v) is 8.60. The maximum absolute atomic E-state index is 13.1. The summed E-state index contributed by atoms with van der Waals surface area (Å²) < 4.78 is 73.3. The number of amides is 1. The maximum Gasteiger partial charge on any atom is 0.458 e. The van der Waals surface area contributed by atoms with Gasteiger partial charge in [0.2, 0.25) is 5.91 Å². The highest BCUT2D eigenvalue weighted by molar-refractivity contribution is 7.16. The molecule has 4 N–H and O–H groups in total. The number of phenolic OH excluding ortho intramolecular Hbond substituents is 1. The zero-order chi connectivity index (χ0) is 36.2. The first-order chi connectivity index (χ1) is 23.1. The molecule has 1 amide bonds. The molecule has 3 aromatic rings. The SMILES string of the molecule is O=C(C(=O)C(F)(F)F)C(F)(F)F.O=C(CCNCCc1cccc(Cl)c1)N(CCNCCc1ccc(O)c2[nH]c(=O)sc12)C1CCOCC1. The van der Waals surface area contributed by atoms with Crippen LogP contribution in [0.15, 0.2) is 41.2 Å². The molecule has 270 valence electrons. The van der Waals surface area contributed by atoms with Gasteiger partial charge in [-0.3, -0.25) is 19.2 Å². The largest absolute Gasteiger partial charge is 0.506 e. The lowest BCUT2D eigenvalue weighted by atomic mass is 10.1. The van der Waals surface area contributed by atoms with E-state index in [1.54, 1.807) is 6.07 Å². The lowest BCUT2D eigenvalue weighted by molar-refractivity contribution is -0.193. The first kappa shape index (κ1) is 39.9. The second-order valence-corrected chi connectivity index (χ2v) is 12.3. The van der Waals surface area contributed by atoms with Gasteiger partial charge in [-0.15, -0.1) is 0 Å². The van der Waals surface area contributed by atoms with Gasteiger partial charge in [-0.25, -0.2) is 0 Å². The number of carbonyl (C=O) groups excluding carboxylic acids is 3. The van der Waals surface area contributed by atoms with E-state index in [2.05, 4.69) is 21.7 Å². The smallest absolute Gasteiger partial charge is 0.458 e. The Kier molecular flexibility index (Phi) is 15.1. The molecule has 0 aliphatic carbocycles. The van der Waals surface area contributed by atoms with Gasteiger partial charge >= 0.3 is 28.8 Å². The van der Waals surface area contributed by atoms with Crippen molar-refractivity contribution >= 4 is 50.6 Å². The number of H-pyrrole nitrogens is 1. The molecule has 0 atom stereocenters. The summed E-state index contributed by atoms with van der Waals surface area (Å²) in [6.07, 6.45) is -7.75. The monoisotopic (exact) mass is 740 g/mol. The molecule has 49 heavy (non-hydrogen) atoms. The first-order valence-electron chi connectivity index (χ1n) is 15.2. The van der Waals surface area contributed by atoms with Gasteiger partial charge < -0.3 is 30.4 Å². The van der Waals surface area contributed by atoms with Crippen LogP contribution in [0.1, 0.15) is 30.4 Å². The van der Waals surface area contributed by atoms with Gasteiger partial charge in [-0.05, 0) is 68.1 Å². The summed E-state index contributed by atoms with van der Waals surface area (Å²) in [5, 5.41) is 17.5. The van der Waals surface area contributed by atoms with Crippen molar-refractivity contribution in [3.63, 3.8) is 0 Å². The first-order valence-corrected chi connectivity index (χ1v) is 16.4. The van der Waals surface area contributed by atoms with Crippen LogP contribution >= 0.6 is 22.9 Å². The standard InChI is InChI=1S/C27H35ClN4O4S.C4F6O2/c28-21-3-1-2-19(18-21)6-11-29-13-8-24(34)32(22-9-16-36-17-10-22)15-14-30-12-7-20-4-5-23(33)25-26(20)37-27(35)31-25;5-3(6,7)1(11)2(12)4(8,9)10/h1-5,18,22,29-30,33H,6-17H2,(H,31,35);. The van der Waals surface area contributed by atoms with Gasteiger partial charge in [0.15, 0.2) is 0 Å². The number of aromatic hydroxyl groups is 1. The average molecular weight is 741 g/mol. The Balaban J connectivity index is 0.000000463. The minimum Gasteiger partial charge on any atom is -0.506 e. The summed E-state index contributed by atoms with van der Waals surface area (Å²) in [7, 11) is 0. The van der Waals surface area contributed by atoms with Gasteiger partial charge in [0, 0.05) is 50.3 Å². The van der Waals surface area contributed by atoms with Crippen molar-refractivity contribution in [2.24, 2.45) is 0 Å². The molecule has 1 aromatic heterocycles. The Morgan fingerprint density at radius 2 is 1.57 bits per heavy atom. The highest BCUT2D eigenvalue weighted by Crippen LogP contribution is 2.28. The Morgan fingerprint density at radius 3 is 2.20 bits per heavy atom. The molecule has 10 nitrogen and oxygen atoms in total. The maximum atomic E-state index is 13.1. The lowest BCUT2D eigenvalue weighted by Gasteiger charge is -2.34. The Bertz CT molecular complexity index is 1600. The second kappa shape index (κ2) is 18.5. The van der Waals surface area contributed by atoms with Crippen molar-refractivity contribution in [1.82, 2.24) is 20.5 Å². The number of ether oxygens (including phenoxy) is 1. The molecule has 1 fully saturated rings. The Labute approximate surface area is 285 Å². The zero-order valence-corrected chi connectivity index (χ0v) is 27.6. The number of thiazole rings is 1. The number of rotatable bonds is 14. The summed E-state index contributed by atoms with van der Waals surface area (Å²) >= 11 is 7.17. The Morgan fingerprint density at radius 1 is 0.939 bits per heavy atom. The van der Waals surface area contributed by atoms with E-state index in [4.69, 9.17) is 16.3 Å². The van der Waals surface area contributed by atoms with Gasteiger partial charge in [0.05, 0.1) is 4.70 Å². The van der Waals surface area contributed by atoms with Crippen molar-refractivity contribution in [2.45, 2.75) is 50.5 Å². The van der Waals surface area contributed by atoms with Crippen LogP contribution in [0.25, 0.3) is 10.2 Å². The highest BCUT2D eigenvalue weighted by Gasteiger charge is 2.54. The number of ketones is 2. The van der Waals surface area contributed by atoms with Crippen molar-refractivity contribution in [1.29, 1.82) is 0 Å². The molecule has 1 aliphatic heterocycles. The fraction of sp³-hybridized carbons (Fsp3) is 0.484. The van der Waals surface area contributed by atoms with Gasteiger partial charge in [0.1, 0.15) is 11.3 Å². The summed E-state index contributed by atoms with van der Waals surface area (Å²) in [5.74, 6) is -6.55. The Hall–Kier alpha value is -3.51. The van der Waals surface area contributed by atoms with E-state index in [-0.39, 0.29) is 22.6 Å². The fourth-order valence-electron chi connectivity index (χ4n) is 4.97. The van der Waals surface area contributed by atoms with Crippen molar-refractivity contribution in [3.8, 4) is 5.75 Å². The van der Waals surface area contributed by atoms with Crippen LogP contribution in [-0.2, 0) is 32.0 Å². The number of hydrogen-bond donors (Lipinski definition) is 4. The number of phenols is 1. The summed E-state index contributed by atoms with van der Waals surface area (Å²) in [6, 6.07) is 11.5. The number of nitrogens with one attached hydrogen (secondary N) is 3. The normalized spacial score (nSPS) is 13.9. The van der Waals surface area contributed by atoms with Crippen LogP contribution in [0.2, 0.25) is 5.02 Å². The van der Waals surface area contributed by atoms with Gasteiger partial charge in [-0.2, -0.15) is 26.3 Å². The van der Waals surface area contributed by atoms with E-state index in [1.807, 2.05) is 29.2 Å². The summed E-state index contributed by atoms with van der Waals surface area (Å²) in [6.45, 7) is 4.87. The van der Waals surface area contributed by atoms with Crippen LogP contribution in [0.3, 0.4) is 0 Å².